The topological polar surface area (TPSA) is 84.4 Å². The van der Waals surface area contributed by atoms with Gasteiger partial charge in [0.15, 0.2) is 0 Å². The van der Waals surface area contributed by atoms with E-state index in [1.807, 2.05) is 12.1 Å². The molecule has 0 saturated heterocycles. The largest absolute Gasteiger partial charge is 0.383 e. The van der Waals surface area contributed by atoms with Crippen LogP contribution in [0.3, 0.4) is 0 Å². The second-order valence-corrected chi connectivity index (χ2v) is 5.51. The van der Waals surface area contributed by atoms with E-state index in [1.54, 1.807) is 37.5 Å². The number of hydrogen-bond acceptors (Lipinski definition) is 5. The molecule has 2 aromatic rings. The number of amides is 2. The Bertz CT molecular complexity index is 706. The smallest absolute Gasteiger partial charge is 0.269 e. The van der Waals surface area contributed by atoms with Crippen molar-refractivity contribution in [2.24, 2.45) is 0 Å². The molecule has 0 aromatic carbocycles. The zero-order valence-electron chi connectivity index (χ0n) is 14.4. The number of carbonyl (C=O) groups excluding carboxylic acids is 2. The van der Waals surface area contributed by atoms with Gasteiger partial charge in [-0.3, -0.25) is 19.6 Å². The minimum absolute atomic E-state index is 0.151. The van der Waals surface area contributed by atoms with Crippen LogP contribution in [0.1, 0.15) is 26.4 Å². The molecular formula is C18H22N4O3. The average Bonchev–Trinajstić information content (AvgIpc) is 2.66. The summed E-state index contributed by atoms with van der Waals surface area (Å²) in [5.41, 5.74) is 1.76. The van der Waals surface area contributed by atoms with E-state index >= 15 is 0 Å². The first-order valence-corrected chi connectivity index (χ1v) is 7.99. The summed E-state index contributed by atoms with van der Waals surface area (Å²) in [6.07, 6.45) is 5.67. The fourth-order valence-electron chi connectivity index (χ4n) is 2.21. The molecule has 0 radical (unpaired) electrons. The van der Waals surface area contributed by atoms with Crippen molar-refractivity contribution < 1.29 is 14.3 Å². The van der Waals surface area contributed by atoms with Crippen molar-refractivity contribution in [3.63, 3.8) is 0 Å². The van der Waals surface area contributed by atoms with Crippen LogP contribution in [0.15, 0.2) is 42.9 Å². The Balaban J connectivity index is 1.96. The van der Waals surface area contributed by atoms with E-state index in [0.717, 1.165) is 12.0 Å². The van der Waals surface area contributed by atoms with Crippen LogP contribution < -0.4 is 5.32 Å². The van der Waals surface area contributed by atoms with Crippen molar-refractivity contribution in [3.05, 3.63) is 59.7 Å². The maximum Gasteiger partial charge on any atom is 0.269 e. The number of likely N-dealkylation sites (N-methyl/N-ethyl adjacent to an activating group) is 1. The SMILES string of the molecule is COCCNC(=O)c1cc(C(=O)N(C)CCc2ccncc2)ccn1. The Morgan fingerprint density at radius 2 is 1.96 bits per heavy atom. The van der Waals surface area contributed by atoms with Crippen molar-refractivity contribution in [2.75, 3.05) is 33.9 Å². The highest BCUT2D eigenvalue weighted by Gasteiger charge is 2.15. The van der Waals surface area contributed by atoms with Crippen LogP contribution in [0, 0.1) is 0 Å². The number of aromatic nitrogens is 2. The summed E-state index contributed by atoms with van der Waals surface area (Å²) in [4.78, 5) is 34.2. The molecule has 0 bridgehead atoms. The lowest BCUT2D eigenvalue weighted by Gasteiger charge is -2.17. The molecule has 2 amide bonds. The van der Waals surface area contributed by atoms with Crippen molar-refractivity contribution >= 4 is 11.8 Å². The van der Waals surface area contributed by atoms with Crippen molar-refractivity contribution in [3.8, 4) is 0 Å². The first-order valence-electron chi connectivity index (χ1n) is 7.99. The van der Waals surface area contributed by atoms with Crippen LogP contribution in [-0.4, -0.2) is 60.5 Å². The third kappa shape index (κ3) is 5.65. The molecule has 0 fully saturated rings. The zero-order chi connectivity index (χ0) is 18.1. The highest BCUT2D eigenvalue weighted by Crippen LogP contribution is 2.07. The van der Waals surface area contributed by atoms with Gasteiger partial charge in [0, 0.05) is 51.4 Å². The number of carbonyl (C=O) groups is 2. The molecule has 2 aromatic heterocycles. The van der Waals surface area contributed by atoms with E-state index in [2.05, 4.69) is 15.3 Å². The van der Waals surface area contributed by atoms with Crippen LogP contribution >= 0.6 is 0 Å². The Hall–Kier alpha value is -2.80. The lowest BCUT2D eigenvalue weighted by Crippen LogP contribution is -2.30. The van der Waals surface area contributed by atoms with E-state index < -0.39 is 0 Å². The molecule has 7 nitrogen and oxygen atoms in total. The molecule has 1 N–H and O–H groups in total. The summed E-state index contributed by atoms with van der Waals surface area (Å²) in [7, 11) is 3.30. The van der Waals surface area contributed by atoms with Gasteiger partial charge in [-0.05, 0) is 36.2 Å². The van der Waals surface area contributed by atoms with Gasteiger partial charge in [-0.25, -0.2) is 0 Å². The molecular weight excluding hydrogens is 320 g/mol. The Morgan fingerprint density at radius 3 is 2.68 bits per heavy atom. The summed E-state index contributed by atoms with van der Waals surface area (Å²) in [5.74, 6) is -0.478. The van der Waals surface area contributed by atoms with Gasteiger partial charge in [0.2, 0.25) is 0 Å². The first-order chi connectivity index (χ1) is 12.1. The molecule has 2 heterocycles. The second kappa shape index (κ2) is 9.48. The minimum Gasteiger partial charge on any atom is -0.383 e. The number of nitrogens with zero attached hydrogens (tertiary/aromatic N) is 3. The number of pyridine rings is 2. The number of rotatable bonds is 8. The second-order valence-electron chi connectivity index (χ2n) is 5.51. The summed E-state index contributed by atoms with van der Waals surface area (Å²) < 4.78 is 4.89. The highest BCUT2D eigenvalue weighted by atomic mass is 16.5. The summed E-state index contributed by atoms with van der Waals surface area (Å²) in [6.45, 7) is 1.38. The van der Waals surface area contributed by atoms with Gasteiger partial charge in [-0.15, -0.1) is 0 Å². The summed E-state index contributed by atoms with van der Waals surface area (Å²) in [5, 5.41) is 2.68. The molecule has 0 unspecified atom stereocenters. The van der Waals surface area contributed by atoms with Gasteiger partial charge in [0.05, 0.1) is 6.61 Å². The quantitative estimate of drug-likeness (QED) is 0.728. The molecule has 0 saturated carbocycles. The van der Waals surface area contributed by atoms with E-state index in [0.29, 0.717) is 25.3 Å². The number of hydrogen-bond donors (Lipinski definition) is 1. The van der Waals surface area contributed by atoms with E-state index in [4.69, 9.17) is 4.74 Å². The molecule has 0 aliphatic heterocycles. The lowest BCUT2D eigenvalue weighted by molar-refractivity contribution is 0.0796. The fourth-order valence-corrected chi connectivity index (χ4v) is 2.21. The third-order valence-electron chi connectivity index (χ3n) is 3.66. The number of methoxy groups -OCH3 is 1. The molecule has 0 atom stereocenters. The van der Waals surface area contributed by atoms with E-state index in [9.17, 15) is 9.59 Å². The standard InChI is InChI=1S/C18H22N4O3/c1-22(11-6-14-3-7-19-8-4-14)18(24)15-5-9-20-16(13-15)17(23)21-10-12-25-2/h3-5,7-9,13H,6,10-12H2,1-2H3,(H,21,23). The number of nitrogens with one attached hydrogen (secondary N) is 1. The first kappa shape index (κ1) is 18.5. The highest BCUT2D eigenvalue weighted by molar-refractivity contribution is 5.98. The van der Waals surface area contributed by atoms with Crippen molar-refractivity contribution in [1.82, 2.24) is 20.2 Å². The predicted molar refractivity (Wildman–Crippen MR) is 93.3 cm³/mol. The van der Waals surface area contributed by atoms with Crippen LogP contribution in [0.4, 0.5) is 0 Å². The summed E-state index contributed by atoms with van der Waals surface area (Å²) >= 11 is 0. The molecule has 25 heavy (non-hydrogen) atoms. The molecule has 0 aliphatic rings. The van der Waals surface area contributed by atoms with Gasteiger partial charge < -0.3 is 15.0 Å². The molecule has 2 rings (SSSR count). The fraction of sp³-hybridized carbons (Fsp3) is 0.333. The van der Waals surface area contributed by atoms with Crippen LogP contribution in [0.5, 0.6) is 0 Å². The summed E-state index contributed by atoms with van der Waals surface area (Å²) in [6, 6.07) is 6.96. The predicted octanol–water partition coefficient (Wildman–Crippen LogP) is 1.17. The normalized spacial score (nSPS) is 10.3. The number of ether oxygens (including phenoxy) is 1. The minimum atomic E-state index is -0.328. The van der Waals surface area contributed by atoms with Gasteiger partial charge in [-0.1, -0.05) is 0 Å². The Kier molecular flexibility index (Phi) is 7.03. The molecule has 7 heteroatoms. The molecule has 0 aliphatic carbocycles. The molecule has 0 spiro atoms. The Morgan fingerprint density at radius 1 is 1.20 bits per heavy atom. The zero-order valence-corrected chi connectivity index (χ0v) is 14.4. The van der Waals surface area contributed by atoms with Gasteiger partial charge in [0.1, 0.15) is 5.69 Å². The average molecular weight is 342 g/mol. The Labute approximate surface area is 147 Å². The van der Waals surface area contributed by atoms with Crippen molar-refractivity contribution in [2.45, 2.75) is 6.42 Å². The molecule has 132 valence electrons. The van der Waals surface area contributed by atoms with E-state index in [1.165, 1.54) is 12.3 Å². The third-order valence-corrected chi connectivity index (χ3v) is 3.66. The maximum absolute atomic E-state index is 12.5. The lowest BCUT2D eigenvalue weighted by atomic mass is 10.1. The van der Waals surface area contributed by atoms with Gasteiger partial charge in [0.25, 0.3) is 11.8 Å². The van der Waals surface area contributed by atoms with Gasteiger partial charge in [-0.2, -0.15) is 0 Å². The van der Waals surface area contributed by atoms with Gasteiger partial charge >= 0.3 is 0 Å². The van der Waals surface area contributed by atoms with E-state index in [-0.39, 0.29) is 17.5 Å². The monoisotopic (exact) mass is 342 g/mol. The van der Waals surface area contributed by atoms with Crippen molar-refractivity contribution in [1.29, 1.82) is 0 Å². The van der Waals surface area contributed by atoms with Crippen LogP contribution in [-0.2, 0) is 11.2 Å². The van der Waals surface area contributed by atoms with Crippen LogP contribution in [0.25, 0.3) is 0 Å². The van der Waals surface area contributed by atoms with Crippen LogP contribution in [0.2, 0.25) is 0 Å². The maximum atomic E-state index is 12.5.